The van der Waals surface area contributed by atoms with E-state index in [0.29, 0.717) is 12.3 Å². The summed E-state index contributed by atoms with van der Waals surface area (Å²) in [5.41, 5.74) is 0. The van der Waals surface area contributed by atoms with E-state index in [2.05, 4.69) is 10.6 Å². The molecule has 2 N–H and O–H groups in total. The second kappa shape index (κ2) is 2.90. The lowest BCUT2D eigenvalue weighted by molar-refractivity contribution is -0.120. The molecule has 0 bridgehead atoms. The zero-order valence-corrected chi connectivity index (χ0v) is 6.68. The lowest BCUT2D eigenvalue weighted by Gasteiger charge is -2.08. The summed E-state index contributed by atoms with van der Waals surface area (Å²) < 4.78 is 0. The Bertz CT molecular complexity index is 189. The van der Waals surface area contributed by atoms with Gasteiger partial charge in [0.1, 0.15) is 6.04 Å². The van der Waals surface area contributed by atoms with Gasteiger partial charge in [-0.05, 0) is 12.3 Å². The molecule has 1 heterocycles. The highest BCUT2D eigenvalue weighted by molar-refractivity contribution is 6.04. The fraction of sp³-hybridized carbons (Fsp3) is 0.714. The standard InChI is InChI=1S/C7H12N2O2/c1-4(2)3-5-6(10)9-7(11)8-5/h4-5H,3H2,1-2H3,(H2,8,9,10,11). The Balaban J connectivity index is 2.47. The average molecular weight is 156 g/mol. The van der Waals surface area contributed by atoms with Crippen molar-refractivity contribution in [2.24, 2.45) is 5.92 Å². The summed E-state index contributed by atoms with van der Waals surface area (Å²) in [6.07, 6.45) is 0.706. The quantitative estimate of drug-likeness (QED) is 0.563. The van der Waals surface area contributed by atoms with Crippen LogP contribution in [0.1, 0.15) is 20.3 Å². The summed E-state index contributed by atoms with van der Waals surface area (Å²) in [4.78, 5) is 21.5. The summed E-state index contributed by atoms with van der Waals surface area (Å²) in [7, 11) is 0. The van der Waals surface area contributed by atoms with Gasteiger partial charge in [0.2, 0.25) is 0 Å². The van der Waals surface area contributed by atoms with Crippen LogP contribution in [-0.2, 0) is 4.79 Å². The van der Waals surface area contributed by atoms with Gasteiger partial charge < -0.3 is 5.32 Å². The molecule has 1 aliphatic rings. The van der Waals surface area contributed by atoms with E-state index in [-0.39, 0.29) is 18.0 Å². The number of rotatable bonds is 2. The van der Waals surface area contributed by atoms with Gasteiger partial charge in [0.05, 0.1) is 0 Å². The maximum atomic E-state index is 10.9. The van der Waals surface area contributed by atoms with Crippen LogP contribution in [0.4, 0.5) is 4.79 Å². The predicted octanol–water partition coefficient (Wildman–Crippen LogP) is 0.241. The first-order chi connectivity index (χ1) is 5.09. The third-order valence-electron chi connectivity index (χ3n) is 1.57. The molecule has 0 spiro atoms. The van der Waals surface area contributed by atoms with Gasteiger partial charge in [-0.2, -0.15) is 0 Å². The maximum Gasteiger partial charge on any atom is 0.322 e. The van der Waals surface area contributed by atoms with Crippen molar-refractivity contribution in [3.8, 4) is 0 Å². The SMILES string of the molecule is CC(C)CC1NC(=O)NC1=O. The van der Waals surface area contributed by atoms with Gasteiger partial charge in [-0.25, -0.2) is 4.79 Å². The summed E-state index contributed by atoms with van der Waals surface area (Å²) >= 11 is 0. The molecule has 0 aromatic heterocycles. The highest BCUT2D eigenvalue weighted by Crippen LogP contribution is 2.07. The normalized spacial score (nSPS) is 23.7. The van der Waals surface area contributed by atoms with Crippen molar-refractivity contribution in [1.82, 2.24) is 10.6 Å². The molecule has 1 saturated heterocycles. The third-order valence-corrected chi connectivity index (χ3v) is 1.57. The molecule has 4 nitrogen and oxygen atoms in total. The smallest absolute Gasteiger partial charge is 0.322 e. The van der Waals surface area contributed by atoms with Gasteiger partial charge in [-0.1, -0.05) is 13.8 Å². The Morgan fingerprint density at radius 3 is 2.45 bits per heavy atom. The van der Waals surface area contributed by atoms with E-state index in [4.69, 9.17) is 0 Å². The molecule has 1 atom stereocenters. The first-order valence-corrected chi connectivity index (χ1v) is 3.71. The van der Waals surface area contributed by atoms with Crippen molar-refractivity contribution in [2.45, 2.75) is 26.3 Å². The maximum absolute atomic E-state index is 10.9. The van der Waals surface area contributed by atoms with E-state index in [1.54, 1.807) is 0 Å². The molecule has 1 unspecified atom stereocenters. The summed E-state index contributed by atoms with van der Waals surface area (Å²) in [6, 6.07) is -0.692. The highest BCUT2D eigenvalue weighted by atomic mass is 16.2. The Morgan fingerprint density at radius 2 is 2.09 bits per heavy atom. The summed E-state index contributed by atoms with van der Waals surface area (Å²) in [5, 5.41) is 4.72. The molecule has 0 aromatic carbocycles. The number of nitrogens with one attached hydrogen (secondary N) is 2. The largest absolute Gasteiger partial charge is 0.326 e. The Hall–Kier alpha value is -1.06. The van der Waals surface area contributed by atoms with Crippen molar-refractivity contribution >= 4 is 11.9 Å². The van der Waals surface area contributed by atoms with E-state index in [0.717, 1.165) is 0 Å². The topological polar surface area (TPSA) is 58.2 Å². The fourth-order valence-corrected chi connectivity index (χ4v) is 1.10. The summed E-state index contributed by atoms with van der Waals surface area (Å²) in [6.45, 7) is 4.02. The average Bonchev–Trinajstić information content (AvgIpc) is 2.09. The minimum absolute atomic E-state index is 0.205. The summed E-state index contributed by atoms with van der Waals surface area (Å²) in [5.74, 6) is 0.216. The Kier molecular flexibility index (Phi) is 2.12. The van der Waals surface area contributed by atoms with Crippen LogP contribution in [0.5, 0.6) is 0 Å². The van der Waals surface area contributed by atoms with E-state index in [1.165, 1.54) is 0 Å². The van der Waals surface area contributed by atoms with Crippen LogP contribution in [0.3, 0.4) is 0 Å². The monoisotopic (exact) mass is 156 g/mol. The number of carbonyl (C=O) groups excluding carboxylic acids is 2. The van der Waals surface area contributed by atoms with Crippen LogP contribution in [0.15, 0.2) is 0 Å². The lowest BCUT2D eigenvalue weighted by atomic mass is 10.0. The second-order valence-electron chi connectivity index (χ2n) is 3.14. The number of carbonyl (C=O) groups is 2. The molecule has 4 heteroatoms. The molecule has 1 fully saturated rings. The van der Waals surface area contributed by atoms with Crippen LogP contribution in [-0.4, -0.2) is 18.0 Å². The Morgan fingerprint density at radius 1 is 1.45 bits per heavy atom. The van der Waals surface area contributed by atoms with Crippen molar-refractivity contribution < 1.29 is 9.59 Å². The number of hydrogen-bond donors (Lipinski definition) is 2. The van der Waals surface area contributed by atoms with Gasteiger partial charge in [-0.15, -0.1) is 0 Å². The number of hydrogen-bond acceptors (Lipinski definition) is 2. The van der Waals surface area contributed by atoms with Gasteiger partial charge in [0.25, 0.3) is 5.91 Å². The molecule has 0 aromatic rings. The minimum atomic E-state index is -0.374. The van der Waals surface area contributed by atoms with Crippen molar-refractivity contribution in [2.75, 3.05) is 0 Å². The van der Waals surface area contributed by atoms with Crippen LogP contribution < -0.4 is 10.6 Å². The van der Waals surface area contributed by atoms with Crippen LogP contribution in [0, 0.1) is 5.92 Å². The van der Waals surface area contributed by atoms with Crippen LogP contribution in [0.25, 0.3) is 0 Å². The lowest BCUT2D eigenvalue weighted by Crippen LogP contribution is -2.30. The van der Waals surface area contributed by atoms with E-state index >= 15 is 0 Å². The fourth-order valence-electron chi connectivity index (χ4n) is 1.10. The number of urea groups is 1. The molecule has 0 radical (unpaired) electrons. The zero-order valence-electron chi connectivity index (χ0n) is 6.68. The van der Waals surface area contributed by atoms with Gasteiger partial charge in [-0.3, -0.25) is 10.1 Å². The second-order valence-corrected chi connectivity index (χ2v) is 3.14. The van der Waals surface area contributed by atoms with Gasteiger partial charge >= 0.3 is 6.03 Å². The number of imide groups is 1. The molecule has 1 rings (SSSR count). The molecular weight excluding hydrogens is 144 g/mol. The van der Waals surface area contributed by atoms with E-state index in [1.807, 2.05) is 13.8 Å². The first-order valence-electron chi connectivity index (χ1n) is 3.71. The number of amides is 3. The first kappa shape index (κ1) is 8.04. The van der Waals surface area contributed by atoms with Crippen LogP contribution in [0.2, 0.25) is 0 Å². The van der Waals surface area contributed by atoms with Gasteiger partial charge in [0.15, 0.2) is 0 Å². The molecule has 0 aliphatic carbocycles. The third kappa shape index (κ3) is 1.93. The molecule has 1 aliphatic heterocycles. The van der Waals surface area contributed by atoms with E-state index in [9.17, 15) is 9.59 Å². The highest BCUT2D eigenvalue weighted by Gasteiger charge is 2.29. The minimum Gasteiger partial charge on any atom is -0.326 e. The van der Waals surface area contributed by atoms with Crippen LogP contribution >= 0.6 is 0 Å². The molecule has 62 valence electrons. The van der Waals surface area contributed by atoms with Crippen molar-refractivity contribution in [3.63, 3.8) is 0 Å². The van der Waals surface area contributed by atoms with Crippen molar-refractivity contribution in [3.05, 3.63) is 0 Å². The predicted molar refractivity (Wildman–Crippen MR) is 39.9 cm³/mol. The molecular formula is C7H12N2O2. The molecule has 0 saturated carbocycles. The van der Waals surface area contributed by atoms with Crippen molar-refractivity contribution in [1.29, 1.82) is 0 Å². The molecule has 3 amide bonds. The van der Waals surface area contributed by atoms with E-state index < -0.39 is 0 Å². The molecule has 11 heavy (non-hydrogen) atoms. The zero-order chi connectivity index (χ0) is 8.43. The Labute approximate surface area is 65.3 Å². The van der Waals surface area contributed by atoms with Gasteiger partial charge in [0, 0.05) is 0 Å².